The van der Waals surface area contributed by atoms with Gasteiger partial charge < -0.3 is 20.1 Å². The number of carbonyl (C=O) groups is 2. The molecule has 0 saturated heterocycles. The second-order valence-electron chi connectivity index (χ2n) is 4.94. The molecule has 116 valence electrons. The average molecular weight is 294 g/mol. The molecule has 0 heterocycles. The number of methoxy groups -OCH3 is 1. The van der Waals surface area contributed by atoms with Crippen LogP contribution in [0.5, 0.6) is 0 Å². The number of carboxylic acids is 1. The van der Waals surface area contributed by atoms with Crippen molar-refractivity contribution in [3.05, 3.63) is 29.8 Å². The Kier molecular flexibility index (Phi) is 6.68. The number of aliphatic carboxylic acids is 1. The number of carboxylic acid groups (broad SMARTS) is 1. The molecule has 1 rings (SSSR count). The Hall–Kier alpha value is -2.08. The summed E-state index contributed by atoms with van der Waals surface area (Å²) in [5, 5.41) is 11.7. The molecular weight excluding hydrogens is 272 g/mol. The van der Waals surface area contributed by atoms with Gasteiger partial charge in [0, 0.05) is 39.1 Å². The van der Waals surface area contributed by atoms with Crippen molar-refractivity contribution in [3.8, 4) is 0 Å². The number of hydrogen-bond acceptors (Lipinski definition) is 4. The van der Waals surface area contributed by atoms with Gasteiger partial charge in [-0.25, -0.2) is 4.79 Å². The Morgan fingerprint density at radius 3 is 2.38 bits per heavy atom. The minimum atomic E-state index is -1.04. The standard InChI is InChI=1S/C15H22N2O4/c1-17(2)12-8-6-11(7-9-12)14(18)16-13(15(19)20)5-4-10-21-3/h6-9,13H,4-5,10H2,1-3H3,(H,16,18)(H,19,20). The molecule has 0 bridgehead atoms. The fourth-order valence-corrected chi connectivity index (χ4v) is 1.84. The molecule has 1 amide bonds. The van der Waals surface area contributed by atoms with Crippen LogP contribution in [-0.4, -0.2) is 50.8 Å². The molecule has 2 N–H and O–H groups in total. The number of nitrogens with one attached hydrogen (secondary N) is 1. The van der Waals surface area contributed by atoms with Crippen LogP contribution in [0.15, 0.2) is 24.3 Å². The van der Waals surface area contributed by atoms with Crippen LogP contribution in [0.25, 0.3) is 0 Å². The molecule has 0 radical (unpaired) electrons. The van der Waals surface area contributed by atoms with Crippen molar-refractivity contribution >= 4 is 17.6 Å². The third-order valence-electron chi connectivity index (χ3n) is 3.09. The van der Waals surface area contributed by atoms with Crippen molar-refractivity contribution in [2.45, 2.75) is 18.9 Å². The van der Waals surface area contributed by atoms with Crippen LogP contribution in [0.2, 0.25) is 0 Å². The van der Waals surface area contributed by atoms with E-state index in [1.165, 1.54) is 0 Å². The molecule has 1 aromatic carbocycles. The van der Waals surface area contributed by atoms with E-state index in [2.05, 4.69) is 5.32 Å². The van der Waals surface area contributed by atoms with Crippen LogP contribution < -0.4 is 10.2 Å². The molecule has 0 aliphatic rings. The van der Waals surface area contributed by atoms with Crippen molar-refractivity contribution in [1.82, 2.24) is 5.32 Å². The SMILES string of the molecule is COCCCC(NC(=O)c1ccc(N(C)C)cc1)C(=O)O. The van der Waals surface area contributed by atoms with E-state index in [0.717, 1.165) is 5.69 Å². The summed E-state index contributed by atoms with van der Waals surface area (Å²) in [6.45, 7) is 0.469. The smallest absolute Gasteiger partial charge is 0.326 e. The van der Waals surface area contributed by atoms with Gasteiger partial charge in [0.1, 0.15) is 6.04 Å². The number of benzene rings is 1. The predicted molar refractivity (Wildman–Crippen MR) is 80.8 cm³/mol. The molecule has 0 saturated carbocycles. The molecule has 0 fully saturated rings. The van der Waals surface area contributed by atoms with Gasteiger partial charge in [0.25, 0.3) is 5.91 Å². The van der Waals surface area contributed by atoms with Crippen molar-refractivity contribution in [2.75, 3.05) is 32.7 Å². The molecule has 1 unspecified atom stereocenters. The van der Waals surface area contributed by atoms with Gasteiger partial charge in [0.2, 0.25) is 0 Å². The minimum absolute atomic E-state index is 0.338. The predicted octanol–water partition coefficient (Wildman–Crippen LogP) is 1.36. The highest BCUT2D eigenvalue weighted by Gasteiger charge is 2.20. The van der Waals surface area contributed by atoms with Crippen LogP contribution in [0.3, 0.4) is 0 Å². The van der Waals surface area contributed by atoms with Crippen molar-refractivity contribution < 1.29 is 19.4 Å². The van der Waals surface area contributed by atoms with Crippen molar-refractivity contribution in [3.63, 3.8) is 0 Å². The maximum atomic E-state index is 12.1. The number of hydrogen-bond donors (Lipinski definition) is 2. The minimum Gasteiger partial charge on any atom is -0.480 e. The van der Waals surface area contributed by atoms with Gasteiger partial charge in [-0.1, -0.05) is 0 Å². The van der Waals surface area contributed by atoms with Crippen LogP contribution in [0.1, 0.15) is 23.2 Å². The van der Waals surface area contributed by atoms with Gasteiger partial charge in [-0.3, -0.25) is 4.79 Å². The van der Waals surface area contributed by atoms with Gasteiger partial charge in [0.15, 0.2) is 0 Å². The molecule has 6 nitrogen and oxygen atoms in total. The first-order valence-electron chi connectivity index (χ1n) is 6.75. The van der Waals surface area contributed by atoms with E-state index in [1.807, 2.05) is 31.1 Å². The third-order valence-corrected chi connectivity index (χ3v) is 3.09. The van der Waals surface area contributed by atoms with Crippen LogP contribution >= 0.6 is 0 Å². The topological polar surface area (TPSA) is 78.9 Å². The normalized spacial score (nSPS) is 11.8. The number of anilines is 1. The highest BCUT2D eigenvalue weighted by atomic mass is 16.5. The lowest BCUT2D eigenvalue weighted by atomic mass is 10.1. The van der Waals surface area contributed by atoms with E-state index in [1.54, 1.807) is 19.2 Å². The summed E-state index contributed by atoms with van der Waals surface area (Å²) in [5.74, 6) is -1.42. The lowest BCUT2D eigenvalue weighted by Crippen LogP contribution is -2.40. The molecule has 0 aliphatic heterocycles. The summed E-state index contributed by atoms with van der Waals surface area (Å²) >= 11 is 0. The Balaban J connectivity index is 2.66. The van der Waals surface area contributed by atoms with Crippen molar-refractivity contribution in [2.24, 2.45) is 0 Å². The second-order valence-corrected chi connectivity index (χ2v) is 4.94. The monoisotopic (exact) mass is 294 g/mol. The summed E-state index contributed by atoms with van der Waals surface area (Å²) in [7, 11) is 5.37. The Labute approximate surface area is 124 Å². The van der Waals surface area contributed by atoms with E-state index in [0.29, 0.717) is 25.0 Å². The lowest BCUT2D eigenvalue weighted by molar-refractivity contribution is -0.139. The fourth-order valence-electron chi connectivity index (χ4n) is 1.84. The second kappa shape index (κ2) is 8.26. The van der Waals surface area contributed by atoms with E-state index >= 15 is 0 Å². The quantitative estimate of drug-likeness (QED) is 0.708. The van der Waals surface area contributed by atoms with E-state index in [9.17, 15) is 9.59 Å². The zero-order valence-corrected chi connectivity index (χ0v) is 12.6. The fraction of sp³-hybridized carbons (Fsp3) is 0.467. The Morgan fingerprint density at radius 2 is 1.90 bits per heavy atom. The first-order valence-corrected chi connectivity index (χ1v) is 6.75. The molecule has 1 aromatic rings. The highest BCUT2D eigenvalue weighted by molar-refractivity contribution is 5.96. The number of ether oxygens (including phenoxy) is 1. The van der Waals surface area contributed by atoms with E-state index in [-0.39, 0.29) is 5.91 Å². The van der Waals surface area contributed by atoms with Gasteiger partial charge in [-0.05, 0) is 37.1 Å². The van der Waals surface area contributed by atoms with E-state index < -0.39 is 12.0 Å². The summed E-state index contributed by atoms with van der Waals surface area (Å²) < 4.78 is 4.89. The van der Waals surface area contributed by atoms with Gasteiger partial charge in [-0.2, -0.15) is 0 Å². The molecule has 1 atom stereocenters. The van der Waals surface area contributed by atoms with E-state index in [4.69, 9.17) is 9.84 Å². The van der Waals surface area contributed by atoms with Crippen LogP contribution in [0.4, 0.5) is 5.69 Å². The maximum Gasteiger partial charge on any atom is 0.326 e. The largest absolute Gasteiger partial charge is 0.480 e. The molecule has 0 spiro atoms. The van der Waals surface area contributed by atoms with Crippen molar-refractivity contribution in [1.29, 1.82) is 0 Å². The zero-order valence-electron chi connectivity index (χ0n) is 12.6. The summed E-state index contributed by atoms with van der Waals surface area (Å²) in [6, 6.07) is 6.09. The summed E-state index contributed by atoms with van der Waals surface area (Å²) in [6.07, 6.45) is 0.915. The zero-order chi connectivity index (χ0) is 15.8. The van der Waals surface area contributed by atoms with Crippen LogP contribution in [-0.2, 0) is 9.53 Å². The van der Waals surface area contributed by atoms with Crippen LogP contribution in [0, 0.1) is 0 Å². The Morgan fingerprint density at radius 1 is 1.29 bits per heavy atom. The number of amides is 1. The maximum absolute atomic E-state index is 12.1. The van der Waals surface area contributed by atoms with Gasteiger partial charge >= 0.3 is 5.97 Å². The molecule has 21 heavy (non-hydrogen) atoms. The summed E-state index contributed by atoms with van der Waals surface area (Å²) in [4.78, 5) is 25.1. The summed E-state index contributed by atoms with van der Waals surface area (Å²) in [5.41, 5.74) is 1.42. The number of rotatable bonds is 8. The molecule has 0 aromatic heterocycles. The first kappa shape index (κ1) is 17.0. The first-order chi connectivity index (χ1) is 9.95. The number of nitrogens with zero attached hydrogens (tertiary/aromatic N) is 1. The molecule has 0 aliphatic carbocycles. The average Bonchev–Trinajstić information content (AvgIpc) is 2.46. The van der Waals surface area contributed by atoms with Gasteiger partial charge in [0.05, 0.1) is 0 Å². The Bertz CT molecular complexity index is 471. The molecular formula is C15H22N2O4. The molecule has 6 heteroatoms. The lowest BCUT2D eigenvalue weighted by Gasteiger charge is -2.15. The number of carbonyl (C=O) groups excluding carboxylic acids is 1. The van der Waals surface area contributed by atoms with Gasteiger partial charge in [-0.15, -0.1) is 0 Å². The third kappa shape index (κ3) is 5.43. The highest BCUT2D eigenvalue weighted by Crippen LogP contribution is 2.12.